The van der Waals surface area contributed by atoms with Crippen LogP contribution in [0, 0.1) is 0 Å². The molecule has 0 saturated heterocycles. The highest BCUT2D eigenvalue weighted by Crippen LogP contribution is 2.58. The Balaban J connectivity index is 1.20. The van der Waals surface area contributed by atoms with Crippen molar-refractivity contribution in [3.05, 3.63) is 133 Å². The molecule has 0 aliphatic heterocycles. The van der Waals surface area contributed by atoms with E-state index in [0.717, 1.165) is 16.7 Å². The summed E-state index contributed by atoms with van der Waals surface area (Å²) in [6.45, 7) is 0. The van der Waals surface area contributed by atoms with Crippen molar-refractivity contribution < 1.29 is 0 Å². The predicted molar refractivity (Wildman–Crippen MR) is 157 cm³/mol. The van der Waals surface area contributed by atoms with Crippen molar-refractivity contribution in [1.82, 2.24) is 9.55 Å². The molecule has 2 aliphatic rings. The van der Waals surface area contributed by atoms with Gasteiger partial charge in [0.15, 0.2) is 0 Å². The third kappa shape index (κ3) is 3.16. The third-order valence-electron chi connectivity index (χ3n) is 8.86. The zero-order chi connectivity index (χ0) is 25.1. The van der Waals surface area contributed by atoms with Crippen LogP contribution in [-0.4, -0.2) is 9.55 Å². The van der Waals surface area contributed by atoms with Gasteiger partial charge in [0.25, 0.3) is 0 Å². The molecule has 1 heterocycles. The summed E-state index contributed by atoms with van der Waals surface area (Å²) in [5.41, 5.74) is 14.5. The number of hydrogen-bond donors (Lipinski definition) is 0. The van der Waals surface area contributed by atoms with Crippen LogP contribution in [0.3, 0.4) is 0 Å². The first-order valence-electron chi connectivity index (χ1n) is 13.7. The SMILES string of the molecule is c1ccc(-c2ccc3c(c2)C2(CCCC2)c2cc(-c4ccc(-n5cnc6ccccc65)cc4)ccc2-3)cc1. The van der Waals surface area contributed by atoms with E-state index in [4.69, 9.17) is 0 Å². The summed E-state index contributed by atoms with van der Waals surface area (Å²) in [4.78, 5) is 4.56. The van der Waals surface area contributed by atoms with Crippen molar-refractivity contribution in [2.45, 2.75) is 31.1 Å². The van der Waals surface area contributed by atoms with Gasteiger partial charge >= 0.3 is 0 Å². The second-order valence-corrected chi connectivity index (χ2v) is 10.8. The van der Waals surface area contributed by atoms with Crippen LogP contribution < -0.4 is 0 Å². The quantitative estimate of drug-likeness (QED) is 0.243. The van der Waals surface area contributed by atoms with Crippen LogP contribution in [0.5, 0.6) is 0 Å². The van der Waals surface area contributed by atoms with Crippen molar-refractivity contribution in [2.24, 2.45) is 0 Å². The lowest BCUT2D eigenvalue weighted by molar-refractivity contribution is 0.550. The number of benzene rings is 5. The molecule has 0 amide bonds. The summed E-state index contributed by atoms with van der Waals surface area (Å²) in [6.07, 6.45) is 6.99. The van der Waals surface area contributed by atoms with Crippen LogP contribution >= 0.6 is 0 Å². The normalized spacial score (nSPS) is 15.2. The molecule has 182 valence electrons. The number of para-hydroxylation sites is 2. The molecular formula is C36H28N2. The molecule has 1 fully saturated rings. The minimum Gasteiger partial charge on any atom is -0.299 e. The van der Waals surface area contributed by atoms with Gasteiger partial charge in [-0.15, -0.1) is 0 Å². The maximum Gasteiger partial charge on any atom is 0.100 e. The lowest BCUT2D eigenvalue weighted by atomic mass is 9.75. The zero-order valence-electron chi connectivity index (χ0n) is 21.3. The first kappa shape index (κ1) is 21.6. The highest BCUT2D eigenvalue weighted by atomic mass is 15.0. The van der Waals surface area contributed by atoms with E-state index >= 15 is 0 Å². The van der Waals surface area contributed by atoms with E-state index in [9.17, 15) is 0 Å². The van der Waals surface area contributed by atoms with Crippen molar-refractivity contribution in [3.8, 4) is 39.1 Å². The smallest absolute Gasteiger partial charge is 0.100 e. The van der Waals surface area contributed by atoms with Crippen molar-refractivity contribution in [1.29, 1.82) is 0 Å². The number of nitrogens with zero attached hydrogens (tertiary/aromatic N) is 2. The standard InChI is InChI=1S/C36H28N2/c1-2-8-25(9-3-1)27-14-18-30-31-19-15-28(23-33(31)36(32(30)22-27)20-6-7-21-36)26-12-16-29(17-13-26)38-24-37-34-10-4-5-11-35(34)38/h1-5,8-19,22-24H,6-7,20-21H2. The van der Waals surface area contributed by atoms with Gasteiger partial charge in [-0.05, 0) is 93.7 Å². The fourth-order valence-corrected chi connectivity index (χ4v) is 6.98. The molecule has 5 aromatic carbocycles. The van der Waals surface area contributed by atoms with Gasteiger partial charge in [0, 0.05) is 11.1 Å². The summed E-state index contributed by atoms with van der Waals surface area (Å²) < 4.78 is 2.16. The molecule has 1 saturated carbocycles. The van der Waals surface area contributed by atoms with Gasteiger partial charge in [0.2, 0.25) is 0 Å². The van der Waals surface area contributed by atoms with E-state index in [2.05, 4.69) is 119 Å². The molecule has 1 aromatic heterocycles. The molecule has 1 spiro atoms. The second-order valence-electron chi connectivity index (χ2n) is 10.8. The van der Waals surface area contributed by atoms with Crippen LogP contribution in [0.4, 0.5) is 0 Å². The summed E-state index contributed by atoms with van der Waals surface area (Å²) in [6, 6.07) is 42.4. The van der Waals surface area contributed by atoms with E-state index in [0.29, 0.717) is 0 Å². The van der Waals surface area contributed by atoms with Gasteiger partial charge in [-0.1, -0.05) is 91.7 Å². The van der Waals surface area contributed by atoms with Gasteiger partial charge in [-0.2, -0.15) is 0 Å². The fourth-order valence-electron chi connectivity index (χ4n) is 6.98. The lowest BCUT2D eigenvalue weighted by Gasteiger charge is -2.27. The monoisotopic (exact) mass is 488 g/mol. The summed E-state index contributed by atoms with van der Waals surface area (Å²) >= 11 is 0. The van der Waals surface area contributed by atoms with Crippen LogP contribution in [0.15, 0.2) is 122 Å². The maximum atomic E-state index is 4.56. The predicted octanol–water partition coefficient (Wildman–Crippen LogP) is 9.20. The number of imidazole rings is 1. The molecule has 0 atom stereocenters. The average molecular weight is 489 g/mol. The molecule has 0 N–H and O–H groups in total. The molecule has 0 radical (unpaired) electrons. The van der Waals surface area contributed by atoms with E-state index in [1.807, 2.05) is 12.4 Å². The summed E-state index contributed by atoms with van der Waals surface area (Å²) in [5, 5.41) is 0. The Kier molecular flexibility index (Phi) is 4.72. The number of aromatic nitrogens is 2. The van der Waals surface area contributed by atoms with Crippen molar-refractivity contribution >= 4 is 11.0 Å². The molecule has 6 aromatic rings. The minimum absolute atomic E-state index is 0.140. The fraction of sp³-hybridized carbons (Fsp3) is 0.139. The zero-order valence-corrected chi connectivity index (χ0v) is 21.3. The van der Waals surface area contributed by atoms with E-state index < -0.39 is 0 Å². The van der Waals surface area contributed by atoms with Gasteiger partial charge in [-0.3, -0.25) is 4.57 Å². The van der Waals surface area contributed by atoms with E-state index in [1.165, 1.54) is 70.2 Å². The summed E-state index contributed by atoms with van der Waals surface area (Å²) in [5.74, 6) is 0. The van der Waals surface area contributed by atoms with Crippen LogP contribution in [0.25, 0.3) is 50.1 Å². The van der Waals surface area contributed by atoms with Gasteiger partial charge in [0.1, 0.15) is 6.33 Å². The summed E-state index contributed by atoms with van der Waals surface area (Å²) in [7, 11) is 0. The molecule has 2 aliphatic carbocycles. The molecule has 38 heavy (non-hydrogen) atoms. The van der Waals surface area contributed by atoms with Gasteiger partial charge in [-0.25, -0.2) is 4.98 Å². The molecule has 0 bridgehead atoms. The molecular weight excluding hydrogens is 460 g/mol. The third-order valence-corrected chi connectivity index (χ3v) is 8.86. The topological polar surface area (TPSA) is 17.8 Å². The molecule has 2 heteroatoms. The minimum atomic E-state index is 0.140. The average Bonchev–Trinajstić information content (AvgIpc) is 3.71. The highest BCUT2D eigenvalue weighted by Gasteiger charge is 2.45. The maximum absolute atomic E-state index is 4.56. The largest absolute Gasteiger partial charge is 0.299 e. The number of hydrogen-bond acceptors (Lipinski definition) is 1. The van der Waals surface area contributed by atoms with Crippen LogP contribution in [-0.2, 0) is 5.41 Å². The Hall–Kier alpha value is -4.43. The van der Waals surface area contributed by atoms with Gasteiger partial charge in [0.05, 0.1) is 11.0 Å². The van der Waals surface area contributed by atoms with Gasteiger partial charge < -0.3 is 0 Å². The Bertz CT molecular complexity index is 1800. The van der Waals surface area contributed by atoms with E-state index in [-0.39, 0.29) is 5.41 Å². The lowest BCUT2D eigenvalue weighted by Crippen LogP contribution is -2.20. The molecule has 0 unspecified atom stereocenters. The van der Waals surface area contributed by atoms with Crippen molar-refractivity contribution in [3.63, 3.8) is 0 Å². The van der Waals surface area contributed by atoms with Crippen molar-refractivity contribution in [2.75, 3.05) is 0 Å². The Labute approximate surface area is 223 Å². The first-order valence-corrected chi connectivity index (χ1v) is 13.7. The van der Waals surface area contributed by atoms with Crippen LogP contribution in [0.2, 0.25) is 0 Å². The Morgan fingerprint density at radius 1 is 0.553 bits per heavy atom. The highest BCUT2D eigenvalue weighted by molar-refractivity contribution is 5.86. The Morgan fingerprint density at radius 2 is 1.13 bits per heavy atom. The molecule has 8 rings (SSSR count). The first-order chi connectivity index (χ1) is 18.8. The van der Waals surface area contributed by atoms with Crippen LogP contribution in [0.1, 0.15) is 36.8 Å². The number of rotatable bonds is 3. The number of fused-ring (bicyclic) bond motifs is 6. The van der Waals surface area contributed by atoms with E-state index in [1.54, 1.807) is 0 Å². The second kappa shape index (κ2) is 8.29. The molecule has 2 nitrogen and oxygen atoms in total. The Morgan fingerprint density at radius 3 is 1.82 bits per heavy atom.